The Labute approximate surface area is 156 Å². The Balaban J connectivity index is 1.91. The number of rotatable bonds is 8. The molecule has 2 aromatic rings. The highest BCUT2D eigenvalue weighted by atomic mass is 16.2. The number of hydrogen-bond acceptors (Lipinski definition) is 2. The first-order valence-electron chi connectivity index (χ1n) is 9.27. The third-order valence-electron chi connectivity index (χ3n) is 4.57. The minimum Gasteiger partial charge on any atom is -0.308 e. The van der Waals surface area contributed by atoms with E-state index >= 15 is 0 Å². The highest BCUT2D eigenvalue weighted by Crippen LogP contribution is 2.21. The van der Waals surface area contributed by atoms with Crippen LogP contribution in [0.3, 0.4) is 0 Å². The van der Waals surface area contributed by atoms with Crippen LogP contribution in [0, 0.1) is 6.92 Å². The van der Waals surface area contributed by atoms with Crippen molar-refractivity contribution in [3.8, 4) is 0 Å². The number of nitrogens with one attached hydrogen (secondary N) is 2. The van der Waals surface area contributed by atoms with Gasteiger partial charge >= 0.3 is 6.03 Å². The third kappa shape index (κ3) is 5.73. The number of amides is 2. The largest absolute Gasteiger partial charge is 0.323 e. The second-order valence-corrected chi connectivity index (χ2v) is 6.66. The van der Waals surface area contributed by atoms with Gasteiger partial charge in [-0.3, -0.25) is 4.79 Å². The molecule has 0 bridgehead atoms. The Kier molecular flexibility index (Phi) is 7.39. The second-order valence-electron chi connectivity index (χ2n) is 6.66. The van der Waals surface area contributed by atoms with Gasteiger partial charge in [0.25, 0.3) is 0 Å². The lowest BCUT2D eigenvalue weighted by atomic mass is 9.93. The van der Waals surface area contributed by atoms with Gasteiger partial charge in [-0.2, -0.15) is 0 Å². The molecule has 4 heteroatoms. The van der Waals surface area contributed by atoms with Gasteiger partial charge in [-0.15, -0.1) is 0 Å². The molecule has 26 heavy (non-hydrogen) atoms. The maximum atomic E-state index is 12.2. The lowest BCUT2D eigenvalue weighted by Crippen LogP contribution is -2.20. The standard InChI is InChI=1S/C22H28N2O2/c1-4-5-6-11-21(25)17(3)18-12-14-19(15-13-18)23-22(26)24-20-10-8-7-9-16(20)2/h7-10,12-15,17H,4-6,11H2,1-3H3,(H2,23,24,26). The summed E-state index contributed by atoms with van der Waals surface area (Å²) in [6, 6.07) is 14.8. The predicted molar refractivity (Wildman–Crippen MR) is 108 cm³/mol. The van der Waals surface area contributed by atoms with Crippen molar-refractivity contribution in [2.75, 3.05) is 10.6 Å². The average Bonchev–Trinajstić information content (AvgIpc) is 2.64. The third-order valence-corrected chi connectivity index (χ3v) is 4.57. The van der Waals surface area contributed by atoms with E-state index in [4.69, 9.17) is 0 Å². The SMILES string of the molecule is CCCCCC(=O)C(C)c1ccc(NC(=O)Nc2ccccc2C)cc1. The van der Waals surface area contributed by atoms with Crippen LogP contribution in [-0.2, 0) is 4.79 Å². The number of carbonyl (C=O) groups excluding carboxylic acids is 2. The summed E-state index contributed by atoms with van der Waals surface area (Å²) in [7, 11) is 0. The molecule has 4 nitrogen and oxygen atoms in total. The first-order valence-corrected chi connectivity index (χ1v) is 9.27. The van der Waals surface area contributed by atoms with Gasteiger partial charge < -0.3 is 10.6 Å². The summed E-state index contributed by atoms with van der Waals surface area (Å²) in [6.45, 7) is 6.03. The van der Waals surface area contributed by atoms with Crippen molar-refractivity contribution in [3.63, 3.8) is 0 Å². The molecule has 0 heterocycles. The predicted octanol–water partition coefficient (Wildman–Crippen LogP) is 5.89. The molecule has 2 N–H and O–H groups in total. The van der Waals surface area contributed by atoms with Crippen LogP contribution in [0.5, 0.6) is 0 Å². The van der Waals surface area contributed by atoms with Gasteiger partial charge in [-0.25, -0.2) is 4.79 Å². The van der Waals surface area contributed by atoms with Crippen LogP contribution in [0.1, 0.15) is 56.6 Å². The van der Waals surface area contributed by atoms with Gasteiger partial charge in [0.15, 0.2) is 0 Å². The monoisotopic (exact) mass is 352 g/mol. The van der Waals surface area contributed by atoms with Crippen molar-refractivity contribution < 1.29 is 9.59 Å². The molecule has 0 spiro atoms. The van der Waals surface area contributed by atoms with Gasteiger partial charge in [0.1, 0.15) is 5.78 Å². The number of aryl methyl sites for hydroxylation is 1. The number of para-hydroxylation sites is 1. The van der Waals surface area contributed by atoms with Gasteiger partial charge in [0.2, 0.25) is 0 Å². The molecule has 138 valence electrons. The van der Waals surface area contributed by atoms with Crippen LogP contribution in [0.2, 0.25) is 0 Å². The zero-order chi connectivity index (χ0) is 18.9. The van der Waals surface area contributed by atoms with E-state index in [1.807, 2.05) is 62.4 Å². The van der Waals surface area contributed by atoms with Crippen LogP contribution in [0.25, 0.3) is 0 Å². The number of ketones is 1. The molecule has 2 aromatic carbocycles. The maximum absolute atomic E-state index is 12.2. The highest BCUT2D eigenvalue weighted by Gasteiger charge is 2.14. The minimum atomic E-state index is -0.282. The lowest BCUT2D eigenvalue weighted by Gasteiger charge is -2.13. The molecular formula is C22H28N2O2. The van der Waals surface area contributed by atoms with Crippen LogP contribution < -0.4 is 10.6 Å². The van der Waals surface area contributed by atoms with Gasteiger partial charge in [0, 0.05) is 23.7 Å². The zero-order valence-corrected chi connectivity index (χ0v) is 15.8. The molecule has 0 aliphatic heterocycles. The Hall–Kier alpha value is -2.62. The number of unbranched alkanes of at least 4 members (excludes halogenated alkanes) is 2. The summed E-state index contributed by atoms with van der Waals surface area (Å²) < 4.78 is 0. The maximum Gasteiger partial charge on any atom is 0.323 e. The number of benzene rings is 2. The number of Topliss-reactive ketones (excluding diaryl/α,β-unsaturated/α-hetero) is 1. The summed E-state index contributed by atoms with van der Waals surface area (Å²) in [5.74, 6) is 0.165. The number of urea groups is 1. The van der Waals surface area contributed by atoms with Crippen molar-refractivity contribution in [2.24, 2.45) is 0 Å². The molecule has 0 radical (unpaired) electrons. The second kappa shape index (κ2) is 9.76. The fourth-order valence-corrected chi connectivity index (χ4v) is 2.80. The average molecular weight is 352 g/mol. The summed E-state index contributed by atoms with van der Waals surface area (Å²) in [4.78, 5) is 24.4. The Morgan fingerprint density at radius 3 is 2.31 bits per heavy atom. The molecular weight excluding hydrogens is 324 g/mol. The lowest BCUT2D eigenvalue weighted by molar-refractivity contribution is -0.120. The molecule has 0 saturated carbocycles. The molecule has 1 atom stereocenters. The molecule has 2 amide bonds. The number of hydrogen-bond donors (Lipinski definition) is 2. The van der Waals surface area contributed by atoms with E-state index in [0.717, 1.165) is 36.1 Å². The van der Waals surface area contributed by atoms with Crippen LogP contribution in [0.4, 0.5) is 16.2 Å². The molecule has 0 aromatic heterocycles. The quantitative estimate of drug-likeness (QED) is 0.582. The molecule has 0 saturated heterocycles. The summed E-state index contributed by atoms with van der Waals surface area (Å²) in [5, 5.41) is 5.66. The van der Waals surface area contributed by atoms with Crippen LogP contribution in [0.15, 0.2) is 48.5 Å². The van der Waals surface area contributed by atoms with Crippen molar-refractivity contribution in [2.45, 2.75) is 52.4 Å². The smallest absolute Gasteiger partial charge is 0.308 e. The fourth-order valence-electron chi connectivity index (χ4n) is 2.80. The molecule has 0 fully saturated rings. The Morgan fingerprint density at radius 1 is 0.962 bits per heavy atom. The van der Waals surface area contributed by atoms with E-state index in [2.05, 4.69) is 17.6 Å². The van der Waals surface area contributed by atoms with Crippen molar-refractivity contribution in [3.05, 3.63) is 59.7 Å². The van der Waals surface area contributed by atoms with Crippen LogP contribution in [-0.4, -0.2) is 11.8 Å². The first-order chi connectivity index (χ1) is 12.5. The van der Waals surface area contributed by atoms with Crippen molar-refractivity contribution >= 4 is 23.2 Å². The van der Waals surface area contributed by atoms with Crippen molar-refractivity contribution in [1.29, 1.82) is 0 Å². The molecule has 2 rings (SSSR count). The molecule has 1 unspecified atom stereocenters. The van der Waals surface area contributed by atoms with Gasteiger partial charge in [-0.05, 0) is 42.7 Å². The number of carbonyl (C=O) groups is 2. The zero-order valence-electron chi connectivity index (χ0n) is 15.8. The summed E-state index contributed by atoms with van der Waals surface area (Å²) in [6.07, 6.45) is 3.80. The minimum absolute atomic E-state index is 0.110. The number of anilines is 2. The topological polar surface area (TPSA) is 58.2 Å². The van der Waals surface area contributed by atoms with Crippen LogP contribution >= 0.6 is 0 Å². The highest BCUT2D eigenvalue weighted by molar-refractivity contribution is 6.00. The van der Waals surface area contributed by atoms with Crippen molar-refractivity contribution in [1.82, 2.24) is 0 Å². The Morgan fingerprint density at radius 2 is 1.65 bits per heavy atom. The van der Waals surface area contributed by atoms with E-state index in [9.17, 15) is 9.59 Å². The van der Waals surface area contributed by atoms with E-state index < -0.39 is 0 Å². The van der Waals surface area contributed by atoms with E-state index in [1.54, 1.807) is 0 Å². The van der Waals surface area contributed by atoms with E-state index in [-0.39, 0.29) is 17.7 Å². The van der Waals surface area contributed by atoms with E-state index in [1.165, 1.54) is 0 Å². The summed E-state index contributed by atoms with van der Waals surface area (Å²) >= 11 is 0. The summed E-state index contributed by atoms with van der Waals surface area (Å²) in [5.41, 5.74) is 3.48. The molecule has 0 aliphatic rings. The molecule has 0 aliphatic carbocycles. The van der Waals surface area contributed by atoms with Gasteiger partial charge in [-0.1, -0.05) is 57.0 Å². The normalized spacial score (nSPS) is 11.7. The fraction of sp³-hybridized carbons (Fsp3) is 0.364. The van der Waals surface area contributed by atoms with Gasteiger partial charge in [0.05, 0.1) is 0 Å². The Bertz CT molecular complexity index is 738. The van der Waals surface area contributed by atoms with E-state index in [0.29, 0.717) is 12.1 Å². The first kappa shape index (κ1) is 19.7.